The number of benzene rings is 6. The number of aromatic nitrogens is 1. The molecule has 8 aromatic rings. The van der Waals surface area contributed by atoms with Gasteiger partial charge < -0.3 is 9.38 Å². The van der Waals surface area contributed by atoms with E-state index < -0.39 is 0 Å². The first kappa shape index (κ1) is 22.0. The molecular weight excluding hydrogens is 515 g/mol. The molecule has 6 aromatic carbocycles. The van der Waals surface area contributed by atoms with E-state index in [4.69, 9.17) is 0 Å². The van der Waals surface area contributed by atoms with E-state index in [1.807, 2.05) is 11.3 Å². The van der Waals surface area contributed by atoms with Gasteiger partial charge in [0.2, 0.25) is 0 Å². The van der Waals surface area contributed by atoms with Gasteiger partial charge in [-0.05, 0) is 65.4 Å². The number of para-hydroxylation sites is 3. The van der Waals surface area contributed by atoms with E-state index in [0.29, 0.717) is 0 Å². The van der Waals surface area contributed by atoms with Crippen LogP contribution in [-0.2, 0) is 0 Å². The van der Waals surface area contributed by atoms with Gasteiger partial charge in [-0.1, -0.05) is 84.9 Å². The minimum absolute atomic E-state index is 0.0558. The lowest BCUT2D eigenvalue weighted by molar-refractivity contribution is 1.18. The number of rotatable bonds is 1. The van der Waals surface area contributed by atoms with Crippen LogP contribution in [-0.4, -0.2) is 11.4 Å². The quantitative estimate of drug-likeness (QED) is 0.190. The average molecular weight is 538 g/mol. The molecule has 0 spiro atoms. The van der Waals surface area contributed by atoms with Gasteiger partial charge in [-0.25, -0.2) is 0 Å². The summed E-state index contributed by atoms with van der Waals surface area (Å²) in [6.45, 7) is 2.35. The van der Waals surface area contributed by atoms with Gasteiger partial charge in [0.05, 0.1) is 11.0 Å². The average Bonchev–Trinajstić information content (AvgIpc) is 3.58. The lowest BCUT2D eigenvalue weighted by Crippen LogP contribution is -2.60. The Morgan fingerprint density at radius 1 is 0.634 bits per heavy atom. The molecule has 0 unspecified atom stereocenters. The summed E-state index contributed by atoms with van der Waals surface area (Å²) in [6.07, 6.45) is 0. The standard InChI is InChI=1S/C37H23BN2S/c1-22-21-27-24-19-20-32-34(26-14-6-10-18-31(26)41-32)36(24)40(23-11-3-2-4-12-23)38-28-15-7-9-17-30(28)39-29-16-8-5-13-25(29)33(22)37(39)35(27)38/h2-21H,1H3. The number of fused-ring (bicyclic) bond motifs is 12. The van der Waals surface area contributed by atoms with Gasteiger partial charge in [-0.15, -0.1) is 11.3 Å². The highest BCUT2D eigenvalue weighted by Gasteiger charge is 2.44. The lowest BCUT2D eigenvalue weighted by Gasteiger charge is -2.42. The Kier molecular flexibility index (Phi) is 4.12. The number of nitrogens with zero attached hydrogens (tertiary/aromatic N) is 2. The number of thiophene rings is 1. The largest absolute Gasteiger partial charge is 0.376 e. The number of hydrogen-bond acceptors (Lipinski definition) is 2. The van der Waals surface area contributed by atoms with Crippen molar-refractivity contribution in [3.63, 3.8) is 0 Å². The molecule has 41 heavy (non-hydrogen) atoms. The third kappa shape index (κ3) is 2.64. The Hall–Kier alpha value is -4.80. The van der Waals surface area contributed by atoms with Gasteiger partial charge in [0.15, 0.2) is 0 Å². The molecule has 2 nitrogen and oxygen atoms in total. The second-order valence-corrected chi connectivity index (χ2v) is 12.4. The Bertz CT molecular complexity index is 2400. The summed E-state index contributed by atoms with van der Waals surface area (Å²) in [5.74, 6) is 0. The van der Waals surface area contributed by atoms with Crippen LogP contribution in [0.15, 0.2) is 121 Å². The molecule has 4 heterocycles. The molecule has 2 aliphatic rings. The van der Waals surface area contributed by atoms with E-state index >= 15 is 0 Å². The van der Waals surface area contributed by atoms with Crippen LogP contribution in [0.1, 0.15) is 5.56 Å². The van der Waals surface area contributed by atoms with E-state index in [2.05, 4.69) is 138 Å². The zero-order valence-corrected chi connectivity index (χ0v) is 23.2. The zero-order chi connectivity index (χ0) is 26.8. The molecule has 10 rings (SSSR count). The first-order chi connectivity index (χ1) is 20.3. The maximum atomic E-state index is 2.65. The second-order valence-electron chi connectivity index (χ2n) is 11.3. The molecule has 0 radical (unpaired) electrons. The summed E-state index contributed by atoms with van der Waals surface area (Å²) in [4.78, 5) is 2.65. The van der Waals surface area contributed by atoms with E-state index in [-0.39, 0.29) is 6.85 Å². The predicted molar refractivity (Wildman–Crippen MR) is 177 cm³/mol. The Morgan fingerprint density at radius 2 is 1.39 bits per heavy atom. The van der Waals surface area contributed by atoms with Crippen molar-refractivity contribution >= 4 is 82.5 Å². The zero-order valence-electron chi connectivity index (χ0n) is 22.4. The van der Waals surface area contributed by atoms with Crippen molar-refractivity contribution in [2.75, 3.05) is 4.81 Å². The summed E-state index contributed by atoms with van der Waals surface area (Å²) in [5, 5.41) is 5.40. The first-order valence-electron chi connectivity index (χ1n) is 14.2. The van der Waals surface area contributed by atoms with Crippen molar-refractivity contribution in [3.8, 4) is 16.8 Å². The Morgan fingerprint density at radius 3 is 2.29 bits per heavy atom. The molecule has 0 N–H and O–H groups in total. The van der Waals surface area contributed by atoms with Gasteiger partial charge in [-0.3, -0.25) is 0 Å². The van der Waals surface area contributed by atoms with Crippen molar-refractivity contribution in [1.29, 1.82) is 0 Å². The first-order valence-corrected chi connectivity index (χ1v) is 15.1. The fourth-order valence-electron chi connectivity index (χ4n) is 7.75. The van der Waals surface area contributed by atoms with Gasteiger partial charge in [0.1, 0.15) is 0 Å². The van der Waals surface area contributed by atoms with Gasteiger partial charge >= 0.3 is 6.85 Å². The van der Waals surface area contributed by atoms with Crippen LogP contribution in [0.4, 0.5) is 11.4 Å². The highest BCUT2D eigenvalue weighted by molar-refractivity contribution is 7.26. The summed E-state index contributed by atoms with van der Waals surface area (Å²) in [7, 11) is 0. The van der Waals surface area contributed by atoms with Crippen molar-refractivity contribution in [2.24, 2.45) is 0 Å². The van der Waals surface area contributed by atoms with Crippen molar-refractivity contribution < 1.29 is 0 Å². The summed E-state index contributed by atoms with van der Waals surface area (Å²) in [6, 6.07) is 45.1. The number of anilines is 2. The minimum Gasteiger partial charge on any atom is -0.376 e. The molecular formula is C37H23BN2S. The molecule has 0 saturated carbocycles. The monoisotopic (exact) mass is 538 g/mol. The van der Waals surface area contributed by atoms with Gasteiger partial charge in [0.25, 0.3) is 0 Å². The highest BCUT2D eigenvalue weighted by atomic mass is 32.1. The summed E-state index contributed by atoms with van der Waals surface area (Å²) in [5.41, 5.74) is 13.2. The predicted octanol–water partition coefficient (Wildman–Crippen LogP) is 8.70. The molecule has 0 amide bonds. The van der Waals surface area contributed by atoms with Gasteiger partial charge in [-0.2, -0.15) is 0 Å². The molecule has 0 fully saturated rings. The molecule has 2 aliphatic heterocycles. The maximum absolute atomic E-state index is 2.65. The van der Waals surface area contributed by atoms with E-state index in [1.54, 1.807) is 0 Å². The summed E-state index contributed by atoms with van der Waals surface area (Å²) >= 11 is 1.90. The van der Waals surface area contributed by atoms with Crippen LogP contribution in [0.2, 0.25) is 0 Å². The van der Waals surface area contributed by atoms with Crippen LogP contribution in [0.25, 0.3) is 58.8 Å². The normalized spacial score (nSPS) is 13.4. The van der Waals surface area contributed by atoms with Crippen molar-refractivity contribution in [1.82, 2.24) is 4.57 Å². The highest BCUT2D eigenvalue weighted by Crippen LogP contribution is 2.51. The van der Waals surface area contributed by atoms with E-state index in [1.165, 1.54) is 86.7 Å². The lowest BCUT2D eigenvalue weighted by atomic mass is 9.44. The smallest absolute Gasteiger partial charge is 0.333 e. The Balaban J connectivity index is 1.48. The van der Waals surface area contributed by atoms with E-state index in [9.17, 15) is 0 Å². The van der Waals surface area contributed by atoms with Crippen LogP contribution in [0.3, 0.4) is 0 Å². The fraction of sp³-hybridized carbons (Fsp3) is 0.0270. The van der Waals surface area contributed by atoms with Crippen LogP contribution >= 0.6 is 11.3 Å². The molecule has 0 atom stereocenters. The number of aryl methyl sites for hydroxylation is 1. The maximum Gasteiger partial charge on any atom is 0.333 e. The van der Waals surface area contributed by atoms with Crippen LogP contribution in [0, 0.1) is 6.92 Å². The van der Waals surface area contributed by atoms with Crippen molar-refractivity contribution in [3.05, 3.63) is 127 Å². The molecule has 0 aliphatic carbocycles. The third-order valence-electron chi connectivity index (χ3n) is 9.26. The molecule has 2 aromatic heterocycles. The topological polar surface area (TPSA) is 8.17 Å². The van der Waals surface area contributed by atoms with Crippen LogP contribution < -0.4 is 15.7 Å². The molecule has 190 valence electrons. The fourth-order valence-corrected chi connectivity index (χ4v) is 8.85. The summed E-state index contributed by atoms with van der Waals surface area (Å²) < 4.78 is 5.21. The molecule has 0 bridgehead atoms. The molecule has 0 saturated heterocycles. The SMILES string of the molecule is Cc1cc2c3c4c1c1ccccc1n4-c1ccccc1B3N(c1ccccc1)c1c-2ccc2sc3ccccc3c12. The Labute approximate surface area is 241 Å². The third-order valence-corrected chi connectivity index (χ3v) is 10.4. The number of hydrogen-bond donors (Lipinski definition) is 0. The second kappa shape index (κ2) is 7.69. The van der Waals surface area contributed by atoms with E-state index in [0.717, 1.165) is 0 Å². The minimum atomic E-state index is 0.0558. The van der Waals surface area contributed by atoms with Crippen LogP contribution in [0.5, 0.6) is 0 Å². The van der Waals surface area contributed by atoms with Crippen molar-refractivity contribution in [2.45, 2.75) is 6.92 Å². The molecule has 4 heteroatoms. The van der Waals surface area contributed by atoms with Gasteiger partial charge in [0, 0.05) is 53.6 Å².